The minimum Gasteiger partial charge on any atom is -0.364 e. The predicted molar refractivity (Wildman–Crippen MR) is 36.2 cm³/mol. The summed E-state index contributed by atoms with van der Waals surface area (Å²) in [6, 6.07) is 0. The average Bonchev–Trinajstić information content (AvgIpc) is 1.91. The lowest BCUT2D eigenvalue weighted by molar-refractivity contribution is 0.105. The van der Waals surface area contributed by atoms with Crippen molar-refractivity contribution in [3.63, 3.8) is 0 Å². The van der Waals surface area contributed by atoms with Gasteiger partial charge >= 0.3 is 0 Å². The number of rotatable bonds is 2. The summed E-state index contributed by atoms with van der Waals surface area (Å²) in [4.78, 5) is 5.93. The van der Waals surface area contributed by atoms with E-state index in [9.17, 15) is 0 Å². The van der Waals surface area contributed by atoms with Gasteiger partial charge in [0.05, 0.1) is 6.54 Å². The molecule has 0 saturated carbocycles. The second-order valence-electron chi connectivity index (χ2n) is 1.82. The van der Waals surface area contributed by atoms with Gasteiger partial charge in [0.25, 0.3) is 0 Å². The van der Waals surface area contributed by atoms with E-state index in [-0.39, 0.29) is 0 Å². The Bertz CT molecular complexity index is 131. The Balaban J connectivity index is 2.28. The number of hydrogen-bond acceptors (Lipinski definition) is 3. The molecule has 0 aromatic rings. The first-order chi connectivity index (χ1) is 4.43. The van der Waals surface area contributed by atoms with E-state index in [2.05, 4.69) is 4.99 Å². The van der Waals surface area contributed by atoms with Crippen LogP contribution >= 0.6 is 0 Å². The summed E-state index contributed by atoms with van der Waals surface area (Å²) in [6.07, 6.45) is 5.50. The molecule has 0 bridgehead atoms. The van der Waals surface area contributed by atoms with Crippen molar-refractivity contribution in [3.05, 3.63) is 12.4 Å². The summed E-state index contributed by atoms with van der Waals surface area (Å²) in [5.74, 6) is 0. The van der Waals surface area contributed by atoms with Gasteiger partial charge in [0, 0.05) is 25.7 Å². The second kappa shape index (κ2) is 3.25. The molecule has 0 amide bonds. The van der Waals surface area contributed by atoms with Crippen LogP contribution in [0.1, 0.15) is 0 Å². The summed E-state index contributed by atoms with van der Waals surface area (Å²) >= 11 is 0. The normalized spacial score (nSPS) is 16.8. The molecule has 0 aliphatic carbocycles. The molecule has 50 valence electrons. The van der Waals surface area contributed by atoms with Crippen molar-refractivity contribution in [3.8, 4) is 0 Å². The molecule has 1 heterocycles. The molecular weight excluding hydrogens is 116 g/mol. The Morgan fingerprint density at radius 1 is 1.78 bits per heavy atom. The number of hydrogen-bond donors (Lipinski definition) is 0. The van der Waals surface area contributed by atoms with Crippen LogP contribution in [0.5, 0.6) is 0 Å². The van der Waals surface area contributed by atoms with Crippen LogP contribution in [0.4, 0.5) is 0 Å². The molecule has 0 aromatic heterocycles. The van der Waals surface area contributed by atoms with E-state index in [1.54, 1.807) is 13.3 Å². The van der Waals surface area contributed by atoms with Gasteiger partial charge in [0.15, 0.2) is 0 Å². The first-order valence-corrected chi connectivity index (χ1v) is 2.85. The van der Waals surface area contributed by atoms with Gasteiger partial charge in [-0.2, -0.15) is 0 Å². The highest BCUT2D eigenvalue weighted by molar-refractivity contribution is 5.61. The van der Waals surface area contributed by atoms with Crippen LogP contribution < -0.4 is 0 Å². The summed E-state index contributed by atoms with van der Waals surface area (Å²) in [6.45, 7) is 1.49. The Morgan fingerprint density at radius 3 is 3.22 bits per heavy atom. The zero-order valence-corrected chi connectivity index (χ0v) is 5.45. The zero-order chi connectivity index (χ0) is 6.53. The lowest BCUT2D eigenvalue weighted by atomic mass is 10.5. The highest BCUT2D eigenvalue weighted by Crippen LogP contribution is 1.92. The van der Waals surface area contributed by atoms with E-state index in [1.807, 2.05) is 17.3 Å². The second-order valence-corrected chi connectivity index (χ2v) is 1.82. The van der Waals surface area contributed by atoms with Crippen molar-refractivity contribution in [1.82, 2.24) is 4.90 Å². The van der Waals surface area contributed by atoms with Crippen LogP contribution in [-0.4, -0.2) is 31.5 Å². The maximum Gasteiger partial charge on any atom is 0.118 e. The van der Waals surface area contributed by atoms with Gasteiger partial charge in [-0.3, -0.25) is 4.99 Å². The Kier molecular flexibility index (Phi) is 2.27. The van der Waals surface area contributed by atoms with Gasteiger partial charge < -0.3 is 9.64 Å². The molecule has 1 aliphatic rings. The molecule has 0 saturated heterocycles. The topological polar surface area (TPSA) is 24.8 Å². The number of ether oxygens (including phenoxy) is 1. The quantitative estimate of drug-likeness (QED) is 0.536. The van der Waals surface area contributed by atoms with Crippen LogP contribution in [0.15, 0.2) is 17.4 Å². The molecular formula is C6H10N2O. The van der Waals surface area contributed by atoms with Crippen molar-refractivity contribution in [2.45, 2.75) is 0 Å². The fraction of sp³-hybridized carbons (Fsp3) is 0.500. The van der Waals surface area contributed by atoms with Crippen molar-refractivity contribution >= 4 is 6.21 Å². The molecule has 0 fully saturated rings. The van der Waals surface area contributed by atoms with Gasteiger partial charge in [-0.25, -0.2) is 0 Å². The molecule has 1 rings (SSSR count). The first kappa shape index (κ1) is 6.29. The van der Waals surface area contributed by atoms with E-state index in [4.69, 9.17) is 4.74 Å². The Morgan fingerprint density at radius 2 is 2.67 bits per heavy atom. The third-order valence-corrected chi connectivity index (χ3v) is 1.08. The standard InChI is InChI=1S/C6H10N2O/c1-9-6-8-4-2-7-3-5-8/h2-4H,5-6H2,1H3. The van der Waals surface area contributed by atoms with Crippen LogP contribution in [0.25, 0.3) is 0 Å². The number of aliphatic imine (C=N–C) groups is 1. The summed E-state index contributed by atoms with van der Waals surface area (Å²) in [5.41, 5.74) is 0. The molecule has 0 N–H and O–H groups in total. The molecule has 0 aromatic carbocycles. The number of nitrogens with zero attached hydrogens (tertiary/aromatic N) is 2. The molecule has 1 aliphatic heterocycles. The lowest BCUT2D eigenvalue weighted by Gasteiger charge is -2.17. The summed E-state index contributed by atoms with van der Waals surface area (Å²) < 4.78 is 4.89. The van der Waals surface area contributed by atoms with Gasteiger partial charge in [-0.1, -0.05) is 0 Å². The van der Waals surface area contributed by atoms with E-state index >= 15 is 0 Å². The summed E-state index contributed by atoms with van der Waals surface area (Å²) in [5, 5.41) is 0. The minimum absolute atomic E-state index is 0.641. The van der Waals surface area contributed by atoms with Gasteiger partial charge in [-0.05, 0) is 0 Å². The smallest absolute Gasteiger partial charge is 0.118 e. The van der Waals surface area contributed by atoms with E-state index < -0.39 is 0 Å². The lowest BCUT2D eigenvalue weighted by Crippen LogP contribution is -2.23. The van der Waals surface area contributed by atoms with Crippen LogP contribution in [0.2, 0.25) is 0 Å². The maximum absolute atomic E-state index is 4.89. The van der Waals surface area contributed by atoms with E-state index in [1.165, 1.54) is 0 Å². The fourth-order valence-corrected chi connectivity index (χ4v) is 0.668. The van der Waals surface area contributed by atoms with E-state index in [0.29, 0.717) is 6.73 Å². The maximum atomic E-state index is 4.89. The van der Waals surface area contributed by atoms with Gasteiger partial charge in [0.2, 0.25) is 0 Å². The third-order valence-electron chi connectivity index (χ3n) is 1.08. The molecule has 3 nitrogen and oxygen atoms in total. The summed E-state index contributed by atoms with van der Waals surface area (Å²) in [7, 11) is 1.68. The van der Waals surface area contributed by atoms with Crippen molar-refractivity contribution in [1.29, 1.82) is 0 Å². The molecule has 9 heavy (non-hydrogen) atoms. The predicted octanol–water partition coefficient (Wildman–Crippen LogP) is 0.448. The molecule has 0 unspecified atom stereocenters. The molecule has 0 spiro atoms. The largest absolute Gasteiger partial charge is 0.364 e. The van der Waals surface area contributed by atoms with Crippen LogP contribution in [-0.2, 0) is 4.74 Å². The van der Waals surface area contributed by atoms with Crippen molar-refractivity contribution in [2.75, 3.05) is 20.4 Å². The van der Waals surface area contributed by atoms with Crippen molar-refractivity contribution in [2.24, 2.45) is 4.99 Å². The van der Waals surface area contributed by atoms with Gasteiger partial charge in [-0.15, -0.1) is 0 Å². The first-order valence-electron chi connectivity index (χ1n) is 2.85. The molecule has 0 radical (unpaired) electrons. The Labute approximate surface area is 54.6 Å². The van der Waals surface area contributed by atoms with Crippen LogP contribution in [0, 0.1) is 0 Å². The highest BCUT2D eigenvalue weighted by Gasteiger charge is 1.96. The van der Waals surface area contributed by atoms with Crippen molar-refractivity contribution < 1.29 is 4.74 Å². The monoisotopic (exact) mass is 126 g/mol. The highest BCUT2D eigenvalue weighted by atomic mass is 16.5. The molecule has 0 atom stereocenters. The zero-order valence-electron chi connectivity index (χ0n) is 5.45. The SMILES string of the molecule is COCN1C=CN=CC1. The molecule has 3 heteroatoms. The van der Waals surface area contributed by atoms with Crippen LogP contribution in [0.3, 0.4) is 0 Å². The minimum atomic E-state index is 0.641. The average molecular weight is 126 g/mol. The van der Waals surface area contributed by atoms with E-state index in [0.717, 1.165) is 6.54 Å². The fourth-order valence-electron chi connectivity index (χ4n) is 0.668. The third kappa shape index (κ3) is 1.85. The Hall–Kier alpha value is -0.830. The number of methoxy groups -OCH3 is 1. The van der Waals surface area contributed by atoms with Gasteiger partial charge in [0.1, 0.15) is 6.73 Å².